The van der Waals surface area contributed by atoms with Crippen LogP contribution in [0.25, 0.3) is 11.1 Å². The van der Waals surface area contributed by atoms with E-state index >= 15 is 0 Å². The number of piperidine rings is 1. The minimum Gasteiger partial charge on any atom is -0.492 e. The number of fused-ring (bicyclic) bond motifs is 1. The lowest BCUT2D eigenvalue weighted by Gasteiger charge is -2.26. The summed E-state index contributed by atoms with van der Waals surface area (Å²) in [6, 6.07) is 26.6. The number of likely N-dealkylation sites (tertiary alicyclic amines) is 1. The summed E-state index contributed by atoms with van der Waals surface area (Å²) in [5.41, 5.74) is 4.48. The van der Waals surface area contributed by atoms with Crippen molar-refractivity contribution in [1.29, 1.82) is 0 Å². The van der Waals surface area contributed by atoms with E-state index in [0.717, 1.165) is 31.8 Å². The normalized spacial score (nSPS) is 23.9. The van der Waals surface area contributed by atoms with Crippen molar-refractivity contribution in [3.8, 4) is 16.9 Å². The summed E-state index contributed by atoms with van der Waals surface area (Å²) in [7, 11) is -3.28. The molecule has 5 nitrogen and oxygen atoms in total. The number of rotatable bonds is 9. The standard InChI is InChI=1S/C28H32N2O3S/c1-3-28(23-10-7-11-24(18-23)29-34(2,31)32)26-19-30(20-27(26)28)16-17-33-25-14-12-22(13-15-25)21-8-5-4-6-9-21/h4-15,18,26-27,29H,3,16-17,19-20H2,1-2H3. The largest absolute Gasteiger partial charge is 0.492 e. The van der Waals surface area contributed by atoms with Crippen LogP contribution in [0.4, 0.5) is 5.69 Å². The molecule has 1 aliphatic heterocycles. The molecule has 1 saturated heterocycles. The van der Waals surface area contributed by atoms with Crippen molar-refractivity contribution < 1.29 is 13.2 Å². The van der Waals surface area contributed by atoms with Crippen molar-refractivity contribution in [3.63, 3.8) is 0 Å². The van der Waals surface area contributed by atoms with Crippen LogP contribution in [0.3, 0.4) is 0 Å². The molecule has 34 heavy (non-hydrogen) atoms. The number of benzene rings is 3. The molecule has 1 heterocycles. The van der Waals surface area contributed by atoms with Gasteiger partial charge < -0.3 is 4.74 Å². The van der Waals surface area contributed by atoms with Crippen LogP contribution < -0.4 is 9.46 Å². The number of hydrogen-bond acceptors (Lipinski definition) is 4. The van der Waals surface area contributed by atoms with Gasteiger partial charge in [0.15, 0.2) is 0 Å². The van der Waals surface area contributed by atoms with E-state index in [2.05, 4.69) is 59.0 Å². The summed E-state index contributed by atoms with van der Waals surface area (Å²) in [5, 5.41) is 0. The third kappa shape index (κ3) is 4.57. The van der Waals surface area contributed by atoms with Crippen LogP contribution in [-0.2, 0) is 15.4 Å². The highest BCUT2D eigenvalue weighted by atomic mass is 32.2. The second kappa shape index (κ2) is 9.08. The molecule has 6 heteroatoms. The van der Waals surface area contributed by atoms with Crippen molar-refractivity contribution in [1.82, 2.24) is 4.90 Å². The monoisotopic (exact) mass is 476 g/mol. The summed E-state index contributed by atoms with van der Waals surface area (Å²) >= 11 is 0. The summed E-state index contributed by atoms with van der Waals surface area (Å²) in [5.74, 6) is 2.15. The van der Waals surface area contributed by atoms with Gasteiger partial charge in [-0.1, -0.05) is 61.5 Å². The van der Waals surface area contributed by atoms with E-state index in [1.54, 1.807) is 0 Å². The van der Waals surface area contributed by atoms with Gasteiger partial charge in [-0.15, -0.1) is 0 Å². The maximum absolute atomic E-state index is 11.6. The molecule has 0 spiro atoms. The molecule has 2 unspecified atom stereocenters. The third-order valence-electron chi connectivity index (χ3n) is 7.54. The second-order valence-corrected chi connectivity index (χ2v) is 11.3. The molecule has 5 rings (SSSR count). The van der Waals surface area contributed by atoms with Crippen molar-refractivity contribution in [2.45, 2.75) is 18.8 Å². The average Bonchev–Trinajstić information content (AvgIpc) is 3.21. The molecule has 3 aromatic rings. The van der Waals surface area contributed by atoms with E-state index in [1.807, 2.05) is 36.4 Å². The predicted molar refractivity (Wildman–Crippen MR) is 138 cm³/mol. The lowest BCUT2D eigenvalue weighted by atomic mass is 9.87. The Bertz CT molecular complexity index is 1230. The minimum atomic E-state index is -3.28. The number of nitrogens with zero attached hydrogens (tertiary/aromatic N) is 1. The SMILES string of the molecule is CCC1(c2cccc(NS(C)(=O)=O)c2)C2CN(CCOc3ccc(-c4ccccc4)cc3)CC21. The van der Waals surface area contributed by atoms with Gasteiger partial charge in [-0.2, -0.15) is 0 Å². The van der Waals surface area contributed by atoms with Gasteiger partial charge in [0.1, 0.15) is 12.4 Å². The Labute approximate surface area is 202 Å². The molecule has 0 radical (unpaired) electrons. The Morgan fingerprint density at radius 3 is 2.26 bits per heavy atom. The van der Waals surface area contributed by atoms with Crippen LogP contribution >= 0.6 is 0 Å². The number of sulfonamides is 1. The summed E-state index contributed by atoms with van der Waals surface area (Å²) in [4.78, 5) is 2.50. The molecule has 2 fully saturated rings. The molecule has 1 aliphatic carbocycles. The zero-order chi connectivity index (χ0) is 23.8. The molecular formula is C28H32N2O3S. The summed E-state index contributed by atoms with van der Waals surface area (Å²) in [6.07, 6.45) is 2.27. The van der Waals surface area contributed by atoms with Gasteiger partial charge in [-0.25, -0.2) is 8.42 Å². The molecule has 178 valence electrons. The average molecular weight is 477 g/mol. The molecule has 0 amide bonds. The maximum Gasteiger partial charge on any atom is 0.229 e. The molecule has 2 atom stereocenters. The van der Waals surface area contributed by atoms with E-state index < -0.39 is 10.0 Å². The Hall–Kier alpha value is -2.83. The smallest absolute Gasteiger partial charge is 0.229 e. The first-order valence-corrected chi connectivity index (χ1v) is 13.9. The van der Waals surface area contributed by atoms with Crippen LogP contribution in [0.15, 0.2) is 78.9 Å². The molecule has 1 N–H and O–H groups in total. The first kappa shape index (κ1) is 22.9. The fourth-order valence-electron chi connectivity index (χ4n) is 5.91. The fraction of sp³-hybridized carbons (Fsp3) is 0.357. The molecule has 3 aromatic carbocycles. The number of nitrogens with one attached hydrogen (secondary N) is 1. The lowest BCUT2D eigenvalue weighted by molar-refractivity contribution is 0.209. The Morgan fingerprint density at radius 1 is 0.941 bits per heavy atom. The van der Waals surface area contributed by atoms with Crippen LogP contribution in [0.2, 0.25) is 0 Å². The molecule has 0 bridgehead atoms. The van der Waals surface area contributed by atoms with Gasteiger partial charge in [0.2, 0.25) is 10.0 Å². The summed E-state index contributed by atoms with van der Waals surface area (Å²) < 4.78 is 31.9. The number of anilines is 1. The van der Waals surface area contributed by atoms with Gasteiger partial charge in [0.25, 0.3) is 0 Å². The molecule has 1 saturated carbocycles. The van der Waals surface area contributed by atoms with Crippen molar-refractivity contribution in [2.75, 3.05) is 37.2 Å². The van der Waals surface area contributed by atoms with E-state index in [9.17, 15) is 8.42 Å². The van der Waals surface area contributed by atoms with E-state index in [-0.39, 0.29) is 5.41 Å². The van der Waals surface area contributed by atoms with Crippen LogP contribution in [-0.4, -0.2) is 45.8 Å². The van der Waals surface area contributed by atoms with E-state index in [0.29, 0.717) is 24.1 Å². The highest BCUT2D eigenvalue weighted by Crippen LogP contribution is 2.65. The lowest BCUT2D eigenvalue weighted by Crippen LogP contribution is -2.33. The predicted octanol–water partition coefficient (Wildman–Crippen LogP) is 5.01. The number of hydrogen-bond donors (Lipinski definition) is 1. The zero-order valence-corrected chi connectivity index (χ0v) is 20.6. The van der Waals surface area contributed by atoms with Gasteiger partial charge >= 0.3 is 0 Å². The van der Waals surface area contributed by atoms with Gasteiger partial charge in [-0.3, -0.25) is 9.62 Å². The minimum absolute atomic E-state index is 0.166. The maximum atomic E-state index is 11.6. The summed E-state index contributed by atoms with van der Waals surface area (Å²) in [6.45, 7) is 5.98. The quantitative estimate of drug-likeness (QED) is 0.472. The second-order valence-electron chi connectivity index (χ2n) is 9.56. The highest BCUT2D eigenvalue weighted by Gasteiger charge is 2.67. The topological polar surface area (TPSA) is 58.6 Å². The van der Waals surface area contributed by atoms with Crippen LogP contribution in [0.5, 0.6) is 5.75 Å². The van der Waals surface area contributed by atoms with E-state index in [1.165, 1.54) is 22.9 Å². The number of ether oxygens (including phenoxy) is 1. The Kier molecular flexibility index (Phi) is 6.13. The Balaban J connectivity index is 1.14. The Morgan fingerprint density at radius 2 is 1.62 bits per heavy atom. The zero-order valence-electron chi connectivity index (χ0n) is 19.8. The van der Waals surface area contributed by atoms with Crippen molar-refractivity contribution in [2.24, 2.45) is 11.8 Å². The van der Waals surface area contributed by atoms with Crippen molar-refractivity contribution >= 4 is 15.7 Å². The molecular weight excluding hydrogens is 444 g/mol. The van der Waals surface area contributed by atoms with Crippen LogP contribution in [0.1, 0.15) is 18.9 Å². The van der Waals surface area contributed by atoms with Gasteiger partial charge in [-0.05, 0) is 59.2 Å². The fourth-order valence-corrected chi connectivity index (χ4v) is 6.46. The van der Waals surface area contributed by atoms with Gasteiger partial charge in [0, 0.05) is 30.7 Å². The third-order valence-corrected chi connectivity index (χ3v) is 8.14. The molecule has 2 aliphatic rings. The highest BCUT2D eigenvalue weighted by molar-refractivity contribution is 7.92. The van der Waals surface area contributed by atoms with Gasteiger partial charge in [0.05, 0.1) is 6.26 Å². The van der Waals surface area contributed by atoms with E-state index in [4.69, 9.17) is 4.74 Å². The first-order valence-electron chi connectivity index (χ1n) is 12.0. The first-order chi connectivity index (χ1) is 16.4. The van der Waals surface area contributed by atoms with Crippen LogP contribution in [0, 0.1) is 11.8 Å². The van der Waals surface area contributed by atoms with Crippen molar-refractivity contribution in [3.05, 3.63) is 84.4 Å². The molecule has 0 aromatic heterocycles.